The van der Waals surface area contributed by atoms with Crippen molar-refractivity contribution in [2.24, 2.45) is 7.05 Å². The van der Waals surface area contributed by atoms with Crippen LogP contribution in [0.1, 0.15) is 10.5 Å². The van der Waals surface area contributed by atoms with Gasteiger partial charge in [-0.15, -0.1) is 0 Å². The van der Waals surface area contributed by atoms with Crippen molar-refractivity contribution in [3.8, 4) is 0 Å². The second-order valence-corrected chi connectivity index (χ2v) is 5.90. The highest BCUT2D eigenvalue weighted by atomic mass is 19.1. The summed E-state index contributed by atoms with van der Waals surface area (Å²) in [5.41, 5.74) is 1.23. The van der Waals surface area contributed by atoms with Crippen LogP contribution in [-0.4, -0.2) is 59.2 Å². The number of nitrogens with zero attached hydrogens (tertiary/aromatic N) is 4. The first-order valence-electron chi connectivity index (χ1n) is 8.09. The predicted octanol–water partition coefficient (Wildman–Crippen LogP) is 0.638. The van der Waals surface area contributed by atoms with E-state index in [0.29, 0.717) is 26.2 Å². The van der Waals surface area contributed by atoms with E-state index in [1.54, 1.807) is 36.3 Å². The maximum absolute atomic E-state index is 13.0. The van der Waals surface area contributed by atoms with E-state index in [-0.39, 0.29) is 29.9 Å². The van der Waals surface area contributed by atoms with Crippen molar-refractivity contribution >= 4 is 17.5 Å². The molecular weight excluding hydrogens is 325 g/mol. The van der Waals surface area contributed by atoms with Gasteiger partial charge in [0.25, 0.3) is 5.91 Å². The number of amides is 2. The first-order valence-corrected chi connectivity index (χ1v) is 8.09. The number of carbonyl (C=O) groups excluding carboxylic acids is 2. The van der Waals surface area contributed by atoms with Gasteiger partial charge in [-0.2, -0.15) is 5.10 Å². The highest BCUT2D eigenvalue weighted by Crippen LogP contribution is 2.16. The van der Waals surface area contributed by atoms with Crippen LogP contribution in [-0.2, 0) is 11.8 Å². The molecule has 25 heavy (non-hydrogen) atoms. The molecule has 1 aromatic carbocycles. The van der Waals surface area contributed by atoms with Gasteiger partial charge in [-0.1, -0.05) is 0 Å². The molecule has 1 aliphatic rings. The van der Waals surface area contributed by atoms with Crippen LogP contribution in [0.25, 0.3) is 0 Å². The van der Waals surface area contributed by atoms with Gasteiger partial charge in [0.2, 0.25) is 5.91 Å². The van der Waals surface area contributed by atoms with Crippen molar-refractivity contribution in [2.45, 2.75) is 0 Å². The van der Waals surface area contributed by atoms with Gasteiger partial charge in [-0.25, -0.2) is 4.39 Å². The molecule has 132 valence electrons. The molecule has 1 aromatic heterocycles. The molecule has 2 amide bonds. The Labute approximate surface area is 145 Å². The molecule has 3 rings (SSSR count). The number of aryl methyl sites for hydroxylation is 1. The Kier molecular flexibility index (Phi) is 4.97. The maximum atomic E-state index is 13.0. The van der Waals surface area contributed by atoms with Crippen LogP contribution in [0.15, 0.2) is 36.5 Å². The molecule has 0 unspecified atom stereocenters. The fraction of sp³-hybridized carbons (Fsp3) is 0.353. The van der Waals surface area contributed by atoms with Crippen LogP contribution < -0.4 is 10.2 Å². The molecule has 1 N–H and O–H groups in total. The van der Waals surface area contributed by atoms with Crippen molar-refractivity contribution in [3.63, 3.8) is 0 Å². The fourth-order valence-corrected chi connectivity index (χ4v) is 2.76. The standard InChI is InChI=1S/C17H20FN5O2/c1-21-7-6-15(20-21)17(25)19-12-16(24)23-10-8-22(9-11-23)14-4-2-13(18)3-5-14/h2-7H,8-12H2,1H3,(H,19,25). The lowest BCUT2D eigenvalue weighted by molar-refractivity contribution is -0.130. The molecule has 1 aliphatic heterocycles. The highest BCUT2D eigenvalue weighted by Gasteiger charge is 2.22. The summed E-state index contributed by atoms with van der Waals surface area (Å²) >= 11 is 0. The van der Waals surface area contributed by atoms with E-state index < -0.39 is 0 Å². The lowest BCUT2D eigenvalue weighted by atomic mass is 10.2. The van der Waals surface area contributed by atoms with E-state index in [2.05, 4.69) is 15.3 Å². The summed E-state index contributed by atoms with van der Waals surface area (Å²) in [4.78, 5) is 28.0. The predicted molar refractivity (Wildman–Crippen MR) is 90.7 cm³/mol. The summed E-state index contributed by atoms with van der Waals surface area (Å²) in [6, 6.07) is 7.93. The topological polar surface area (TPSA) is 70.5 Å². The Bertz CT molecular complexity index is 751. The Morgan fingerprint density at radius 1 is 1.12 bits per heavy atom. The van der Waals surface area contributed by atoms with Crippen molar-refractivity contribution in [1.82, 2.24) is 20.0 Å². The average molecular weight is 345 g/mol. The van der Waals surface area contributed by atoms with Gasteiger partial charge < -0.3 is 15.1 Å². The molecule has 8 heteroatoms. The van der Waals surface area contributed by atoms with E-state index in [9.17, 15) is 14.0 Å². The Hall–Kier alpha value is -2.90. The van der Waals surface area contributed by atoms with Crippen LogP contribution in [0.2, 0.25) is 0 Å². The molecule has 0 spiro atoms. The van der Waals surface area contributed by atoms with Gasteiger partial charge in [0, 0.05) is 45.1 Å². The lowest BCUT2D eigenvalue weighted by Crippen LogP contribution is -2.51. The Morgan fingerprint density at radius 3 is 2.40 bits per heavy atom. The number of anilines is 1. The molecule has 2 heterocycles. The van der Waals surface area contributed by atoms with Gasteiger partial charge >= 0.3 is 0 Å². The summed E-state index contributed by atoms with van der Waals surface area (Å²) in [6.07, 6.45) is 1.67. The number of benzene rings is 1. The molecule has 1 saturated heterocycles. The monoisotopic (exact) mass is 345 g/mol. The molecule has 0 bridgehead atoms. The van der Waals surface area contributed by atoms with Gasteiger partial charge in [-0.05, 0) is 30.3 Å². The van der Waals surface area contributed by atoms with Crippen LogP contribution >= 0.6 is 0 Å². The first kappa shape index (κ1) is 16.9. The Morgan fingerprint density at radius 2 is 1.80 bits per heavy atom. The number of nitrogens with one attached hydrogen (secondary N) is 1. The third-order valence-corrected chi connectivity index (χ3v) is 4.17. The number of carbonyl (C=O) groups is 2. The quantitative estimate of drug-likeness (QED) is 0.883. The maximum Gasteiger partial charge on any atom is 0.272 e. The third kappa shape index (κ3) is 4.14. The molecule has 7 nitrogen and oxygen atoms in total. The zero-order valence-corrected chi connectivity index (χ0v) is 14.0. The summed E-state index contributed by atoms with van der Waals surface area (Å²) in [5, 5.41) is 6.59. The molecule has 0 atom stereocenters. The van der Waals surface area contributed by atoms with E-state index in [0.717, 1.165) is 5.69 Å². The normalized spacial score (nSPS) is 14.5. The number of halogens is 1. The van der Waals surface area contributed by atoms with Gasteiger partial charge in [0.15, 0.2) is 0 Å². The van der Waals surface area contributed by atoms with Gasteiger partial charge in [-0.3, -0.25) is 14.3 Å². The Balaban J connectivity index is 1.46. The minimum absolute atomic E-state index is 0.0496. The van der Waals surface area contributed by atoms with Crippen LogP contribution in [0, 0.1) is 5.82 Å². The van der Waals surface area contributed by atoms with Crippen molar-refractivity contribution < 1.29 is 14.0 Å². The highest BCUT2D eigenvalue weighted by molar-refractivity contribution is 5.94. The molecule has 0 radical (unpaired) electrons. The number of hydrogen-bond donors (Lipinski definition) is 1. The fourth-order valence-electron chi connectivity index (χ4n) is 2.76. The van der Waals surface area contributed by atoms with Gasteiger partial charge in [0.1, 0.15) is 11.5 Å². The van der Waals surface area contributed by atoms with E-state index in [4.69, 9.17) is 0 Å². The molecular formula is C17H20FN5O2. The molecule has 1 fully saturated rings. The van der Waals surface area contributed by atoms with Gasteiger partial charge in [0.05, 0.1) is 6.54 Å². The minimum Gasteiger partial charge on any atom is -0.368 e. The summed E-state index contributed by atoms with van der Waals surface area (Å²) in [7, 11) is 1.72. The van der Waals surface area contributed by atoms with E-state index in [1.165, 1.54) is 16.8 Å². The van der Waals surface area contributed by atoms with E-state index >= 15 is 0 Å². The van der Waals surface area contributed by atoms with E-state index in [1.807, 2.05) is 0 Å². The zero-order valence-electron chi connectivity index (χ0n) is 14.0. The van der Waals surface area contributed by atoms with Crippen LogP contribution in [0.4, 0.5) is 10.1 Å². The van der Waals surface area contributed by atoms with Crippen molar-refractivity contribution in [1.29, 1.82) is 0 Å². The smallest absolute Gasteiger partial charge is 0.272 e. The van der Waals surface area contributed by atoms with Crippen LogP contribution in [0.3, 0.4) is 0 Å². The van der Waals surface area contributed by atoms with Crippen molar-refractivity contribution in [3.05, 3.63) is 48.0 Å². The van der Waals surface area contributed by atoms with Crippen LogP contribution in [0.5, 0.6) is 0 Å². The minimum atomic E-state index is -0.362. The largest absolute Gasteiger partial charge is 0.368 e. The number of piperazine rings is 1. The second-order valence-electron chi connectivity index (χ2n) is 5.90. The zero-order chi connectivity index (χ0) is 17.8. The summed E-state index contributed by atoms with van der Waals surface area (Å²) in [6.45, 7) is 2.43. The summed E-state index contributed by atoms with van der Waals surface area (Å²) in [5.74, 6) is -0.747. The third-order valence-electron chi connectivity index (χ3n) is 4.17. The number of aromatic nitrogens is 2. The SMILES string of the molecule is Cn1ccc(C(=O)NCC(=O)N2CCN(c3ccc(F)cc3)CC2)n1. The first-order chi connectivity index (χ1) is 12.0. The number of hydrogen-bond acceptors (Lipinski definition) is 4. The second kappa shape index (κ2) is 7.33. The lowest BCUT2D eigenvalue weighted by Gasteiger charge is -2.36. The van der Waals surface area contributed by atoms with Crippen molar-refractivity contribution in [2.75, 3.05) is 37.6 Å². The molecule has 0 saturated carbocycles. The molecule has 2 aromatic rings. The summed E-state index contributed by atoms with van der Waals surface area (Å²) < 4.78 is 14.5. The molecule has 0 aliphatic carbocycles. The number of rotatable bonds is 4. The average Bonchev–Trinajstić information content (AvgIpc) is 3.07.